The first-order chi connectivity index (χ1) is 13.4. The van der Waals surface area contributed by atoms with Crippen LogP contribution >= 0.6 is 0 Å². The van der Waals surface area contributed by atoms with Gasteiger partial charge in [-0.1, -0.05) is 30.3 Å². The van der Waals surface area contributed by atoms with Crippen LogP contribution in [0.5, 0.6) is 5.75 Å². The summed E-state index contributed by atoms with van der Waals surface area (Å²) in [5.41, 5.74) is 3.64. The zero-order chi connectivity index (χ0) is 20.1. The fraction of sp³-hybridized carbons (Fsp3) is 0.190. The maximum absolute atomic E-state index is 12.2. The highest BCUT2D eigenvalue weighted by Gasteiger charge is 2.16. The van der Waals surface area contributed by atoms with E-state index in [0.29, 0.717) is 16.9 Å². The molecule has 0 saturated heterocycles. The molecule has 0 saturated carbocycles. The third-order valence-corrected chi connectivity index (χ3v) is 4.21. The third kappa shape index (κ3) is 4.56. The summed E-state index contributed by atoms with van der Waals surface area (Å²) in [5, 5.41) is 16.5. The van der Waals surface area contributed by atoms with E-state index >= 15 is 0 Å². The molecule has 144 valence electrons. The predicted molar refractivity (Wildman–Crippen MR) is 104 cm³/mol. The van der Waals surface area contributed by atoms with Crippen molar-refractivity contribution in [2.75, 3.05) is 11.9 Å². The summed E-state index contributed by atoms with van der Waals surface area (Å²) in [7, 11) is 0. The lowest BCUT2D eigenvalue weighted by atomic mass is 10.1. The van der Waals surface area contributed by atoms with Crippen molar-refractivity contribution in [1.29, 1.82) is 0 Å². The van der Waals surface area contributed by atoms with Gasteiger partial charge in [0.2, 0.25) is 0 Å². The van der Waals surface area contributed by atoms with Crippen LogP contribution in [-0.2, 0) is 20.7 Å². The number of phenolic OH excluding ortho intramolecular Hbond substituents is 1. The van der Waals surface area contributed by atoms with Gasteiger partial charge in [-0.05, 0) is 43.7 Å². The minimum atomic E-state index is -0.519. The van der Waals surface area contributed by atoms with Crippen LogP contribution in [0.3, 0.4) is 0 Å². The molecular formula is C21H21N3O4. The molecule has 0 aliphatic heterocycles. The van der Waals surface area contributed by atoms with Crippen LogP contribution in [-0.4, -0.2) is 33.4 Å². The van der Waals surface area contributed by atoms with Gasteiger partial charge < -0.3 is 15.2 Å². The first-order valence-corrected chi connectivity index (χ1v) is 8.79. The molecule has 1 amide bonds. The van der Waals surface area contributed by atoms with Gasteiger partial charge in [0, 0.05) is 0 Å². The molecule has 1 heterocycles. The number of phenols is 1. The number of rotatable bonds is 6. The van der Waals surface area contributed by atoms with E-state index in [9.17, 15) is 14.7 Å². The molecule has 3 aromatic rings. The molecule has 28 heavy (non-hydrogen) atoms. The average Bonchev–Trinajstić information content (AvgIpc) is 2.97. The molecular weight excluding hydrogens is 358 g/mol. The van der Waals surface area contributed by atoms with Crippen LogP contribution in [0.25, 0.3) is 5.69 Å². The van der Waals surface area contributed by atoms with Gasteiger partial charge in [0.25, 0.3) is 5.91 Å². The monoisotopic (exact) mass is 379 g/mol. The van der Waals surface area contributed by atoms with Crippen LogP contribution in [0, 0.1) is 13.8 Å². The summed E-state index contributed by atoms with van der Waals surface area (Å²) in [6.07, 6.45) is 0.0254. The van der Waals surface area contributed by atoms with Crippen molar-refractivity contribution in [3.63, 3.8) is 0 Å². The van der Waals surface area contributed by atoms with Crippen molar-refractivity contribution in [2.24, 2.45) is 0 Å². The standard InChI is InChI=1S/C21H21N3O4/c1-14-21(15(2)24(23-14)17-6-4-3-5-7-17)22-19(26)13-28-20(27)12-16-8-10-18(25)11-9-16/h3-11,25H,12-13H2,1-2H3,(H,22,26). The van der Waals surface area contributed by atoms with Gasteiger partial charge in [-0.15, -0.1) is 0 Å². The molecule has 7 heteroatoms. The lowest BCUT2D eigenvalue weighted by Crippen LogP contribution is -2.22. The van der Waals surface area contributed by atoms with E-state index in [1.54, 1.807) is 23.7 Å². The smallest absolute Gasteiger partial charge is 0.310 e. The van der Waals surface area contributed by atoms with Crippen LogP contribution in [0.1, 0.15) is 17.0 Å². The molecule has 0 aliphatic carbocycles. The topological polar surface area (TPSA) is 93.5 Å². The SMILES string of the molecule is Cc1nn(-c2ccccc2)c(C)c1NC(=O)COC(=O)Cc1ccc(O)cc1. The number of para-hydroxylation sites is 1. The number of hydrogen-bond acceptors (Lipinski definition) is 5. The summed E-state index contributed by atoms with van der Waals surface area (Å²) < 4.78 is 6.79. The second kappa shape index (κ2) is 8.39. The lowest BCUT2D eigenvalue weighted by molar-refractivity contribution is -0.146. The molecule has 0 spiro atoms. The minimum absolute atomic E-state index is 0.0254. The first kappa shape index (κ1) is 19.2. The fourth-order valence-corrected chi connectivity index (χ4v) is 2.80. The molecule has 3 rings (SSSR count). The molecule has 0 radical (unpaired) electrons. The van der Waals surface area contributed by atoms with E-state index in [1.165, 1.54) is 12.1 Å². The summed E-state index contributed by atoms with van der Waals surface area (Å²) in [5.74, 6) is -0.828. The van der Waals surface area contributed by atoms with E-state index in [2.05, 4.69) is 10.4 Å². The van der Waals surface area contributed by atoms with Crippen LogP contribution < -0.4 is 5.32 Å². The van der Waals surface area contributed by atoms with Crippen molar-refractivity contribution in [3.8, 4) is 11.4 Å². The average molecular weight is 379 g/mol. The Morgan fingerprint density at radius 2 is 1.75 bits per heavy atom. The van der Waals surface area contributed by atoms with Crippen molar-refractivity contribution in [3.05, 3.63) is 71.5 Å². The third-order valence-electron chi connectivity index (χ3n) is 4.21. The normalized spacial score (nSPS) is 10.5. The maximum atomic E-state index is 12.2. The van der Waals surface area contributed by atoms with Crippen molar-refractivity contribution >= 4 is 17.6 Å². The number of aryl methyl sites for hydroxylation is 1. The van der Waals surface area contributed by atoms with Crippen LogP contribution in [0.4, 0.5) is 5.69 Å². The van der Waals surface area contributed by atoms with Gasteiger partial charge in [-0.3, -0.25) is 9.59 Å². The largest absolute Gasteiger partial charge is 0.508 e. The zero-order valence-corrected chi connectivity index (χ0v) is 15.7. The van der Waals surface area contributed by atoms with E-state index < -0.39 is 11.9 Å². The Morgan fingerprint density at radius 1 is 1.07 bits per heavy atom. The second-order valence-electron chi connectivity index (χ2n) is 6.35. The zero-order valence-electron chi connectivity index (χ0n) is 15.7. The van der Waals surface area contributed by atoms with E-state index in [0.717, 1.165) is 11.4 Å². The summed E-state index contributed by atoms with van der Waals surface area (Å²) >= 11 is 0. The number of nitrogens with one attached hydrogen (secondary N) is 1. The summed E-state index contributed by atoms with van der Waals surface area (Å²) in [6, 6.07) is 15.8. The fourth-order valence-electron chi connectivity index (χ4n) is 2.80. The highest BCUT2D eigenvalue weighted by molar-refractivity contribution is 5.94. The molecule has 7 nitrogen and oxygen atoms in total. The van der Waals surface area contributed by atoms with Gasteiger partial charge in [0.1, 0.15) is 5.75 Å². The molecule has 0 aliphatic rings. The Morgan fingerprint density at radius 3 is 2.43 bits per heavy atom. The van der Waals surface area contributed by atoms with Gasteiger partial charge in [-0.25, -0.2) is 4.68 Å². The number of aromatic nitrogens is 2. The van der Waals surface area contributed by atoms with Gasteiger partial charge >= 0.3 is 5.97 Å². The Kier molecular flexibility index (Phi) is 5.74. The molecule has 0 unspecified atom stereocenters. The summed E-state index contributed by atoms with van der Waals surface area (Å²) in [6.45, 7) is 3.28. The maximum Gasteiger partial charge on any atom is 0.310 e. The predicted octanol–water partition coefficient (Wildman–Crippen LogP) is 2.92. The molecule has 0 atom stereocenters. The second-order valence-corrected chi connectivity index (χ2v) is 6.35. The minimum Gasteiger partial charge on any atom is -0.508 e. The van der Waals surface area contributed by atoms with E-state index in [1.807, 2.05) is 37.3 Å². The molecule has 1 aromatic heterocycles. The number of carbonyl (C=O) groups is 2. The van der Waals surface area contributed by atoms with E-state index in [4.69, 9.17) is 4.74 Å². The number of ether oxygens (including phenoxy) is 1. The summed E-state index contributed by atoms with van der Waals surface area (Å²) in [4.78, 5) is 24.1. The Balaban J connectivity index is 1.58. The molecule has 0 bridgehead atoms. The van der Waals surface area contributed by atoms with Crippen molar-refractivity contribution in [1.82, 2.24) is 9.78 Å². The van der Waals surface area contributed by atoms with Crippen LogP contribution in [0.2, 0.25) is 0 Å². The molecule has 2 N–H and O–H groups in total. The number of nitrogens with zero attached hydrogens (tertiary/aromatic N) is 2. The van der Waals surface area contributed by atoms with Crippen molar-refractivity contribution < 1.29 is 19.4 Å². The number of aromatic hydroxyl groups is 1. The Bertz CT molecular complexity index is 979. The van der Waals surface area contributed by atoms with E-state index in [-0.39, 0.29) is 18.8 Å². The van der Waals surface area contributed by atoms with Gasteiger partial charge in [0.15, 0.2) is 6.61 Å². The molecule has 0 fully saturated rings. The Hall–Kier alpha value is -3.61. The lowest BCUT2D eigenvalue weighted by Gasteiger charge is -2.08. The number of anilines is 1. The number of amides is 1. The quantitative estimate of drug-likeness (QED) is 0.643. The Labute approximate surface area is 162 Å². The van der Waals surface area contributed by atoms with Gasteiger partial charge in [-0.2, -0.15) is 5.10 Å². The van der Waals surface area contributed by atoms with Crippen molar-refractivity contribution in [2.45, 2.75) is 20.3 Å². The number of esters is 1. The number of benzene rings is 2. The highest BCUT2D eigenvalue weighted by Crippen LogP contribution is 2.22. The van der Waals surface area contributed by atoms with Gasteiger partial charge in [0.05, 0.1) is 29.2 Å². The number of hydrogen-bond donors (Lipinski definition) is 2. The highest BCUT2D eigenvalue weighted by atomic mass is 16.5. The first-order valence-electron chi connectivity index (χ1n) is 8.79. The van der Waals surface area contributed by atoms with Crippen LogP contribution in [0.15, 0.2) is 54.6 Å². The molecule has 2 aromatic carbocycles. The number of carbonyl (C=O) groups excluding carboxylic acids is 2.